The van der Waals surface area contributed by atoms with Gasteiger partial charge in [0.15, 0.2) is 0 Å². The number of fused-ring (bicyclic) bond motifs is 1. The number of nitrogens with one attached hydrogen (secondary N) is 1. The summed E-state index contributed by atoms with van der Waals surface area (Å²) in [6.45, 7) is 0.641. The van der Waals surface area contributed by atoms with Gasteiger partial charge < -0.3 is 5.32 Å². The van der Waals surface area contributed by atoms with E-state index in [-0.39, 0.29) is 12.5 Å². The molecular weight excluding hydrogens is 242 g/mol. The molecule has 0 spiro atoms. The van der Waals surface area contributed by atoms with Gasteiger partial charge in [-0.2, -0.15) is 10.2 Å². The van der Waals surface area contributed by atoms with E-state index in [1.165, 1.54) is 0 Å². The van der Waals surface area contributed by atoms with Crippen LogP contribution in [0.15, 0.2) is 48.9 Å². The predicted molar refractivity (Wildman–Crippen MR) is 69.3 cm³/mol. The van der Waals surface area contributed by atoms with Gasteiger partial charge in [0.1, 0.15) is 6.54 Å². The summed E-state index contributed by atoms with van der Waals surface area (Å²) in [6.07, 6.45) is 5.28. The van der Waals surface area contributed by atoms with Crippen LogP contribution in [0.2, 0.25) is 0 Å². The molecular formula is C13H13N5O. The van der Waals surface area contributed by atoms with Crippen molar-refractivity contribution in [3.63, 3.8) is 0 Å². The second-order valence-corrected chi connectivity index (χ2v) is 4.19. The first-order valence-electron chi connectivity index (χ1n) is 5.99. The van der Waals surface area contributed by atoms with E-state index in [2.05, 4.69) is 15.5 Å². The Morgan fingerprint density at radius 2 is 2.21 bits per heavy atom. The molecule has 1 N–H and O–H groups in total. The molecule has 3 aromatic rings. The van der Waals surface area contributed by atoms with E-state index < -0.39 is 0 Å². The maximum atomic E-state index is 11.7. The number of nitrogens with zero attached hydrogens (tertiary/aromatic N) is 4. The molecule has 0 bridgehead atoms. The van der Waals surface area contributed by atoms with Gasteiger partial charge in [0.25, 0.3) is 0 Å². The lowest BCUT2D eigenvalue weighted by molar-refractivity contribution is -0.122. The van der Waals surface area contributed by atoms with Crippen LogP contribution in [0, 0.1) is 0 Å². The first-order valence-corrected chi connectivity index (χ1v) is 5.99. The Morgan fingerprint density at radius 3 is 3.00 bits per heavy atom. The minimum atomic E-state index is -0.0826. The predicted octanol–water partition coefficient (Wildman–Crippen LogP) is 0.847. The van der Waals surface area contributed by atoms with Crippen molar-refractivity contribution in [3.8, 4) is 0 Å². The second-order valence-electron chi connectivity index (χ2n) is 4.19. The Hall–Kier alpha value is -2.63. The molecule has 0 aliphatic carbocycles. The molecule has 3 heterocycles. The highest BCUT2D eigenvalue weighted by Crippen LogP contribution is 2.05. The highest BCUT2D eigenvalue weighted by Gasteiger charge is 2.05. The molecule has 0 aliphatic rings. The molecule has 3 aromatic heterocycles. The number of carbonyl (C=O) groups is 1. The summed E-state index contributed by atoms with van der Waals surface area (Å²) in [4.78, 5) is 11.7. The van der Waals surface area contributed by atoms with Gasteiger partial charge in [0.2, 0.25) is 5.91 Å². The molecule has 3 rings (SSSR count). The third-order valence-electron chi connectivity index (χ3n) is 2.75. The maximum Gasteiger partial charge on any atom is 0.242 e. The zero-order chi connectivity index (χ0) is 13.1. The topological polar surface area (TPSA) is 64.2 Å². The molecule has 0 unspecified atom stereocenters. The van der Waals surface area contributed by atoms with Gasteiger partial charge in [0.05, 0.1) is 17.8 Å². The molecule has 19 heavy (non-hydrogen) atoms. The molecule has 0 aromatic carbocycles. The minimum absolute atomic E-state index is 0.0826. The summed E-state index contributed by atoms with van der Waals surface area (Å²) >= 11 is 0. The van der Waals surface area contributed by atoms with E-state index in [9.17, 15) is 4.79 Å². The van der Waals surface area contributed by atoms with E-state index in [4.69, 9.17) is 0 Å². The second kappa shape index (κ2) is 4.93. The lowest BCUT2D eigenvalue weighted by atomic mass is 10.3. The SMILES string of the molecule is O=C(Cn1cccn1)NCc1cc2ccccn2n1. The number of rotatable bonds is 4. The molecule has 0 atom stereocenters. The van der Waals surface area contributed by atoms with Gasteiger partial charge in [-0.15, -0.1) is 0 Å². The molecule has 6 nitrogen and oxygen atoms in total. The molecule has 0 aliphatic heterocycles. The van der Waals surface area contributed by atoms with Crippen molar-refractivity contribution >= 4 is 11.4 Å². The summed E-state index contributed by atoms with van der Waals surface area (Å²) in [5.41, 5.74) is 1.85. The van der Waals surface area contributed by atoms with Crippen LogP contribution in [-0.2, 0) is 17.9 Å². The standard InChI is InChI=1S/C13H13N5O/c19-13(10-17-6-3-5-15-17)14-9-11-8-12-4-1-2-7-18(12)16-11/h1-8H,9-10H2,(H,14,19). The number of hydrogen-bond donors (Lipinski definition) is 1. The lowest BCUT2D eigenvalue weighted by Crippen LogP contribution is -2.27. The van der Waals surface area contributed by atoms with Crippen molar-refractivity contribution < 1.29 is 4.79 Å². The highest BCUT2D eigenvalue weighted by atomic mass is 16.2. The fraction of sp³-hybridized carbons (Fsp3) is 0.154. The summed E-state index contributed by atoms with van der Waals surface area (Å²) in [5, 5.41) is 11.2. The Labute approximate surface area is 109 Å². The van der Waals surface area contributed by atoms with Crippen molar-refractivity contribution in [2.45, 2.75) is 13.1 Å². The monoisotopic (exact) mass is 255 g/mol. The Balaban J connectivity index is 1.61. The Bertz CT molecular complexity index is 653. The Morgan fingerprint density at radius 1 is 1.26 bits per heavy atom. The van der Waals surface area contributed by atoms with Gasteiger partial charge in [-0.25, -0.2) is 4.52 Å². The highest BCUT2D eigenvalue weighted by molar-refractivity contribution is 5.75. The number of hydrogen-bond acceptors (Lipinski definition) is 3. The normalized spacial score (nSPS) is 10.7. The Kier molecular flexibility index (Phi) is 2.97. The molecule has 0 saturated carbocycles. The molecule has 1 amide bonds. The van der Waals surface area contributed by atoms with Crippen molar-refractivity contribution in [2.75, 3.05) is 0 Å². The van der Waals surface area contributed by atoms with Crippen LogP contribution in [0.3, 0.4) is 0 Å². The summed E-state index contributed by atoms with van der Waals surface area (Å²) in [7, 11) is 0. The van der Waals surface area contributed by atoms with Crippen molar-refractivity contribution in [1.82, 2.24) is 24.7 Å². The van der Waals surface area contributed by atoms with Crippen LogP contribution in [0.5, 0.6) is 0 Å². The average Bonchev–Trinajstić information content (AvgIpc) is 3.04. The van der Waals surface area contributed by atoms with Crippen molar-refractivity contribution in [3.05, 3.63) is 54.6 Å². The number of carbonyl (C=O) groups excluding carboxylic acids is 1. The largest absolute Gasteiger partial charge is 0.349 e. The van der Waals surface area contributed by atoms with E-state index in [1.54, 1.807) is 27.7 Å². The van der Waals surface area contributed by atoms with Gasteiger partial charge in [-0.1, -0.05) is 6.07 Å². The maximum absolute atomic E-state index is 11.7. The quantitative estimate of drug-likeness (QED) is 0.751. The van der Waals surface area contributed by atoms with Crippen LogP contribution >= 0.6 is 0 Å². The van der Waals surface area contributed by atoms with Crippen LogP contribution in [0.25, 0.3) is 5.52 Å². The van der Waals surface area contributed by atoms with Gasteiger partial charge >= 0.3 is 0 Å². The number of pyridine rings is 1. The van der Waals surface area contributed by atoms with Crippen LogP contribution < -0.4 is 5.32 Å². The van der Waals surface area contributed by atoms with Crippen LogP contribution in [0.4, 0.5) is 0 Å². The molecule has 0 radical (unpaired) electrons. The third kappa shape index (κ3) is 2.62. The lowest BCUT2D eigenvalue weighted by Gasteiger charge is -2.02. The smallest absolute Gasteiger partial charge is 0.242 e. The molecule has 96 valence electrons. The third-order valence-corrected chi connectivity index (χ3v) is 2.75. The zero-order valence-electron chi connectivity index (χ0n) is 10.2. The summed E-state index contributed by atoms with van der Waals surface area (Å²) in [5.74, 6) is -0.0826. The van der Waals surface area contributed by atoms with Crippen LogP contribution in [-0.4, -0.2) is 25.3 Å². The summed E-state index contributed by atoms with van der Waals surface area (Å²) in [6, 6.07) is 9.59. The van der Waals surface area contributed by atoms with E-state index in [1.807, 2.05) is 30.5 Å². The van der Waals surface area contributed by atoms with Gasteiger partial charge in [-0.3, -0.25) is 9.48 Å². The van der Waals surface area contributed by atoms with Crippen LogP contribution in [0.1, 0.15) is 5.69 Å². The molecule has 6 heteroatoms. The average molecular weight is 255 g/mol. The first-order chi connectivity index (χ1) is 9.31. The number of amides is 1. The zero-order valence-corrected chi connectivity index (χ0v) is 10.2. The van der Waals surface area contributed by atoms with Gasteiger partial charge in [0, 0.05) is 18.6 Å². The van der Waals surface area contributed by atoms with Gasteiger partial charge in [-0.05, 0) is 24.3 Å². The minimum Gasteiger partial charge on any atom is -0.349 e. The fourth-order valence-electron chi connectivity index (χ4n) is 1.86. The first kappa shape index (κ1) is 11.5. The van der Waals surface area contributed by atoms with Crippen molar-refractivity contribution in [2.24, 2.45) is 0 Å². The van der Waals surface area contributed by atoms with E-state index >= 15 is 0 Å². The van der Waals surface area contributed by atoms with E-state index in [0.717, 1.165) is 11.2 Å². The summed E-state index contributed by atoms with van der Waals surface area (Å²) < 4.78 is 3.37. The van der Waals surface area contributed by atoms with Crippen molar-refractivity contribution in [1.29, 1.82) is 0 Å². The molecule has 0 saturated heterocycles. The fourth-order valence-corrected chi connectivity index (χ4v) is 1.86. The molecule has 0 fully saturated rings. The van der Waals surface area contributed by atoms with E-state index in [0.29, 0.717) is 6.54 Å². The number of aromatic nitrogens is 4.